The Balaban J connectivity index is 1.78. The van der Waals surface area contributed by atoms with Gasteiger partial charge in [-0.1, -0.05) is 41.9 Å². The maximum Gasteiger partial charge on any atom is 0.365 e. The van der Waals surface area contributed by atoms with E-state index in [1.165, 1.54) is 7.11 Å². The second kappa shape index (κ2) is 8.11. The molecule has 1 aliphatic heterocycles. The fourth-order valence-corrected chi connectivity index (χ4v) is 4.07. The van der Waals surface area contributed by atoms with Crippen molar-refractivity contribution < 1.29 is 19.2 Å². The van der Waals surface area contributed by atoms with Crippen molar-refractivity contribution in [2.24, 2.45) is 0 Å². The predicted molar refractivity (Wildman–Crippen MR) is 105 cm³/mol. The van der Waals surface area contributed by atoms with Crippen LogP contribution in [0.1, 0.15) is 22.3 Å². The van der Waals surface area contributed by atoms with Gasteiger partial charge in [0.25, 0.3) is 5.91 Å². The summed E-state index contributed by atoms with van der Waals surface area (Å²) in [4.78, 5) is 25.8. The molecule has 142 valence electrons. The van der Waals surface area contributed by atoms with Crippen LogP contribution in [0.5, 0.6) is 0 Å². The number of quaternary nitrogens is 1. The van der Waals surface area contributed by atoms with Gasteiger partial charge in [-0.25, -0.2) is 4.79 Å². The van der Waals surface area contributed by atoms with Gasteiger partial charge < -0.3 is 15.0 Å². The number of carbonyl (C=O) groups is 2. The number of hydrogen-bond acceptors (Lipinski definition) is 3. The second-order valence-corrected chi connectivity index (χ2v) is 7.45. The average molecular weight is 388 g/mol. The number of aryl methyl sites for hydroxylation is 2. The third kappa shape index (κ3) is 4.31. The zero-order valence-electron chi connectivity index (χ0n) is 15.8. The lowest BCUT2D eigenvalue weighted by atomic mass is 9.94. The van der Waals surface area contributed by atoms with Crippen molar-refractivity contribution in [3.63, 3.8) is 0 Å². The lowest BCUT2D eigenvalue weighted by Gasteiger charge is -2.31. The smallest absolute Gasteiger partial charge is 0.365 e. The first-order chi connectivity index (χ1) is 12.9. The summed E-state index contributed by atoms with van der Waals surface area (Å²) in [6.07, 6.45) is 0.565. The molecule has 2 aromatic rings. The van der Waals surface area contributed by atoms with Crippen molar-refractivity contribution in [2.75, 3.05) is 19.0 Å². The number of methoxy groups -OCH3 is 1. The third-order valence-corrected chi connectivity index (χ3v) is 5.32. The van der Waals surface area contributed by atoms with Gasteiger partial charge in [0.2, 0.25) is 0 Å². The Morgan fingerprint density at radius 3 is 2.59 bits per heavy atom. The van der Waals surface area contributed by atoms with E-state index in [1.54, 1.807) is 0 Å². The lowest BCUT2D eigenvalue weighted by Crippen LogP contribution is -3.17. The Bertz CT molecular complexity index is 858. The van der Waals surface area contributed by atoms with Gasteiger partial charge in [0.05, 0.1) is 17.8 Å². The Morgan fingerprint density at radius 2 is 1.93 bits per heavy atom. The van der Waals surface area contributed by atoms with Crippen molar-refractivity contribution in [1.29, 1.82) is 0 Å². The summed E-state index contributed by atoms with van der Waals surface area (Å²) in [5, 5.41) is 3.43. The van der Waals surface area contributed by atoms with Gasteiger partial charge in [0.15, 0.2) is 12.6 Å². The molecular formula is C21H24ClN2O3+. The number of fused-ring (bicyclic) bond motifs is 1. The molecule has 1 aliphatic rings. The van der Waals surface area contributed by atoms with E-state index in [0.29, 0.717) is 23.7 Å². The van der Waals surface area contributed by atoms with Crippen molar-refractivity contribution in [2.45, 2.75) is 32.9 Å². The van der Waals surface area contributed by atoms with E-state index in [-0.39, 0.29) is 18.4 Å². The highest BCUT2D eigenvalue weighted by atomic mass is 35.5. The van der Waals surface area contributed by atoms with E-state index in [1.807, 2.05) is 50.2 Å². The minimum Gasteiger partial charge on any atom is -0.465 e. The number of amides is 1. The zero-order chi connectivity index (χ0) is 19.6. The summed E-state index contributed by atoms with van der Waals surface area (Å²) >= 11 is 6.29. The molecule has 6 heteroatoms. The number of hydrogen-bond donors (Lipinski definition) is 2. The summed E-state index contributed by atoms with van der Waals surface area (Å²) in [7, 11) is 1.38. The number of anilines is 1. The van der Waals surface area contributed by atoms with Crippen LogP contribution in [0.4, 0.5) is 5.69 Å². The number of carbonyl (C=O) groups excluding carboxylic acids is 2. The highest BCUT2D eigenvalue weighted by Gasteiger charge is 2.37. The highest BCUT2D eigenvalue weighted by Crippen LogP contribution is 2.27. The van der Waals surface area contributed by atoms with Crippen LogP contribution in [0.25, 0.3) is 0 Å². The maximum atomic E-state index is 12.7. The molecule has 27 heavy (non-hydrogen) atoms. The normalized spacial score (nSPS) is 18.5. The molecule has 0 aromatic heterocycles. The van der Waals surface area contributed by atoms with E-state index in [0.717, 1.165) is 27.2 Å². The molecule has 0 bridgehead atoms. The minimum absolute atomic E-state index is 0.164. The topological polar surface area (TPSA) is 59.8 Å². The molecule has 1 unspecified atom stereocenters. The zero-order valence-corrected chi connectivity index (χ0v) is 16.5. The minimum atomic E-state index is -0.398. The lowest BCUT2D eigenvalue weighted by molar-refractivity contribution is -0.924. The number of ether oxygens (including phenoxy) is 1. The Kier molecular flexibility index (Phi) is 5.82. The molecule has 0 aliphatic carbocycles. The van der Waals surface area contributed by atoms with Crippen LogP contribution in [0.2, 0.25) is 5.02 Å². The van der Waals surface area contributed by atoms with Gasteiger partial charge in [0, 0.05) is 12.0 Å². The summed E-state index contributed by atoms with van der Waals surface area (Å²) < 4.78 is 4.97. The Labute approximate surface area is 164 Å². The second-order valence-electron chi connectivity index (χ2n) is 7.05. The molecular weight excluding hydrogens is 364 g/mol. The monoisotopic (exact) mass is 387 g/mol. The number of halogens is 1. The quantitative estimate of drug-likeness (QED) is 0.790. The molecule has 0 saturated heterocycles. The first-order valence-electron chi connectivity index (χ1n) is 8.95. The van der Waals surface area contributed by atoms with E-state index >= 15 is 0 Å². The van der Waals surface area contributed by atoms with Crippen LogP contribution >= 0.6 is 11.6 Å². The van der Waals surface area contributed by atoms with E-state index in [4.69, 9.17) is 16.3 Å². The molecule has 1 amide bonds. The van der Waals surface area contributed by atoms with Gasteiger partial charge in [-0.3, -0.25) is 4.79 Å². The van der Waals surface area contributed by atoms with Gasteiger partial charge in [0.1, 0.15) is 6.54 Å². The average Bonchev–Trinajstić information content (AvgIpc) is 2.63. The van der Waals surface area contributed by atoms with Crippen molar-refractivity contribution in [3.05, 3.63) is 63.7 Å². The number of nitrogens with one attached hydrogen (secondary N) is 2. The summed E-state index contributed by atoms with van der Waals surface area (Å²) in [6, 6.07) is 11.4. The Hall–Kier alpha value is -2.37. The Morgan fingerprint density at radius 1 is 1.22 bits per heavy atom. The van der Waals surface area contributed by atoms with Gasteiger partial charge in [-0.2, -0.15) is 0 Å². The van der Waals surface area contributed by atoms with E-state index in [2.05, 4.69) is 5.32 Å². The molecule has 0 fully saturated rings. The van der Waals surface area contributed by atoms with Crippen molar-refractivity contribution >= 4 is 29.2 Å². The highest BCUT2D eigenvalue weighted by molar-refractivity contribution is 6.34. The first kappa shape index (κ1) is 19.4. The molecule has 2 atom stereocenters. The standard InChI is InChI=1S/C21H23ClN2O3/c1-13-8-14(2)20(17(22)9-13)23-19(25)12-24-11-16-7-5-4-6-15(16)10-18(24)21(26)27-3/h4-9,18H,10-12H2,1-3H3,(H,23,25)/p+1/t18-/m0/s1. The van der Waals surface area contributed by atoms with Crippen LogP contribution in [-0.4, -0.2) is 31.6 Å². The molecule has 0 saturated carbocycles. The number of benzene rings is 2. The van der Waals surface area contributed by atoms with Crippen LogP contribution < -0.4 is 10.2 Å². The van der Waals surface area contributed by atoms with E-state index in [9.17, 15) is 9.59 Å². The van der Waals surface area contributed by atoms with Gasteiger partial charge in [-0.15, -0.1) is 0 Å². The largest absolute Gasteiger partial charge is 0.465 e. The van der Waals surface area contributed by atoms with Crippen LogP contribution in [0.3, 0.4) is 0 Å². The fourth-order valence-electron chi connectivity index (χ4n) is 3.70. The fraction of sp³-hybridized carbons (Fsp3) is 0.333. The summed E-state index contributed by atoms with van der Waals surface area (Å²) in [5.41, 5.74) is 4.87. The van der Waals surface area contributed by atoms with Crippen molar-refractivity contribution in [1.82, 2.24) is 0 Å². The number of rotatable bonds is 4. The van der Waals surface area contributed by atoms with Gasteiger partial charge in [-0.05, 0) is 36.6 Å². The van der Waals surface area contributed by atoms with Crippen LogP contribution in [0, 0.1) is 13.8 Å². The maximum absolute atomic E-state index is 12.7. The van der Waals surface area contributed by atoms with Crippen molar-refractivity contribution in [3.8, 4) is 0 Å². The van der Waals surface area contributed by atoms with Gasteiger partial charge >= 0.3 is 5.97 Å². The van der Waals surface area contributed by atoms with Crippen LogP contribution in [0.15, 0.2) is 36.4 Å². The molecule has 0 spiro atoms. The van der Waals surface area contributed by atoms with Crippen LogP contribution in [-0.2, 0) is 27.3 Å². The molecule has 0 radical (unpaired) electrons. The summed E-state index contributed by atoms with van der Waals surface area (Å²) in [5.74, 6) is -0.469. The number of esters is 1. The molecule has 3 rings (SSSR count). The SMILES string of the molecule is COC(=O)[C@@H]1Cc2ccccc2C[NH+]1CC(=O)Nc1c(C)cc(C)cc1Cl. The predicted octanol–water partition coefficient (Wildman–Crippen LogP) is 2.08. The first-order valence-corrected chi connectivity index (χ1v) is 9.32. The summed E-state index contributed by atoms with van der Waals surface area (Å²) in [6.45, 7) is 4.64. The molecule has 2 N–H and O–H groups in total. The molecule has 2 aromatic carbocycles. The molecule has 1 heterocycles. The molecule has 5 nitrogen and oxygen atoms in total. The van der Waals surface area contributed by atoms with E-state index < -0.39 is 6.04 Å². The third-order valence-electron chi connectivity index (χ3n) is 5.02.